The number of aryl methyl sites for hydroxylation is 1. The Kier molecular flexibility index (Phi) is 8.79. The van der Waals surface area contributed by atoms with Crippen LogP contribution in [0.25, 0.3) is 6.08 Å². The number of carbonyl (C=O) groups excluding carboxylic acids is 2. The number of esters is 1. The number of aliphatic hydroxyl groups is 2. The summed E-state index contributed by atoms with van der Waals surface area (Å²) in [6.45, 7) is 12.9. The predicted octanol–water partition coefficient (Wildman–Crippen LogP) is 4.42. The lowest BCUT2D eigenvalue weighted by atomic mass is 9.73. The van der Waals surface area contributed by atoms with Gasteiger partial charge in [-0.05, 0) is 62.8 Å². The second-order valence-corrected chi connectivity index (χ2v) is 11.7. The van der Waals surface area contributed by atoms with Crippen molar-refractivity contribution in [2.24, 2.45) is 17.3 Å². The molecule has 7 nitrogen and oxygen atoms in total. The van der Waals surface area contributed by atoms with Gasteiger partial charge in [0.15, 0.2) is 0 Å². The van der Waals surface area contributed by atoms with Crippen molar-refractivity contribution in [3.63, 3.8) is 0 Å². The number of nitrogens with zero attached hydrogens (tertiary/aromatic N) is 1. The Labute approximate surface area is 215 Å². The topological polar surface area (TPSA) is 109 Å². The molecule has 3 rings (SSSR count). The molecule has 7 atom stereocenters. The number of carbonyl (C=O) groups is 2. The third-order valence-electron chi connectivity index (χ3n) is 8.22. The molecule has 0 amide bonds. The van der Waals surface area contributed by atoms with Crippen molar-refractivity contribution in [2.45, 2.75) is 111 Å². The second-order valence-electron chi connectivity index (χ2n) is 11.7. The summed E-state index contributed by atoms with van der Waals surface area (Å²) in [5.41, 5.74) is 1.16. The SMILES string of the molecule is C/C(=C\c1ccc(C)cn1)[C@@H]1C[C@@H]2O[C@]2(C)CCC[C@H](C)C(O)[C@@H](C)C(=O)C(C)(C)[C@@H](O)CC(=O)O1. The molecule has 0 aromatic carbocycles. The number of hydrogen-bond donors (Lipinski definition) is 2. The highest BCUT2D eigenvalue weighted by Crippen LogP contribution is 2.45. The standard InChI is InChI=1S/C29H43NO6/c1-17-10-11-21(30-16-17)13-19(3)22-14-24-29(7,36-24)12-8-9-18(2)26(33)20(4)27(34)28(5,6)23(31)15-25(32)35-22/h10-11,13,16,18,20,22-24,26,31,33H,8-9,12,14-15H2,1-7H3/b19-13+/t18-,20+,22-,23-,24-,26?,29+/m0/s1. The van der Waals surface area contributed by atoms with Crippen LogP contribution in [0.2, 0.25) is 0 Å². The molecule has 0 radical (unpaired) electrons. The number of hydrogen-bond acceptors (Lipinski definition) is 7. The van der Waals surface area contributed by atoms with E-state index in [4.69, 9.17) is 9.47 Å². The van der Waals surface area contributed by atoms with E-state index in [-0.39, 0.29) is 29.8 Å². The fraction of sp³-hybridized carbons (Fsp3) is 0.690. The monoisotopic (exact) mass is 501 g/mol. The van der Waals surface area contributed by atoms with Crippen molar-refractivity contribution in [2.75, 3.05) is 0 Å². The van der Waals surface area contributed by atoms with E-state index in [1.807, 2.05) is 39.0 Å². The Bertz CT molecular complexity index is 970. The van der Waals surface area contributed by atoms with E-state index in [1.165, 1.54) is 0 Å². The molecule has 200 valence electrons. The Morgan fingerprint density at radius 3 is 2.50 bits per heavy atom. The number of aromatic nitrogens is 1. The smallest absolute Gasteiger partial charge is 0.309 e. The molecule has 0 aliphatic carbocycles. The van der Waals surface area contributed by atoms with Gasteiger partial charge in [0.25, 0.3) is 0 Å². The molecular weight excluding hydrogens is 458 g/mol. The largest absolute Gasteiger partial charge is 0.458 e. The van der Waals surface area contributed by atoms with E-state index in [2.05, 4.69) is 11.9 Å². The zero-order valence-corrected chi connectivity index (χ0v) is 22.8. The first-order valence-corrected chi connectivity index (χ1v) is 13.1. The summed E-state index contributed by atoms with van der Waals surface area (Å²) < 4.78 is 11.9. The molecule has 2 aliphatic rings. The molecule has 2 aliphatic heterocycles. The molecule has 1 aromatic rings. The van der Waals surface area contributed by atoms with Gasteiger partial charge in [0, 0.05) is 18.5 Å². The van der Waals surface area contributed by atoms with Gasteiger partial charge < -0.3 is 19.7 Å². The lowest BCUT2D eigenvalue weighted by Crippen LogP contribution is -2.45. The van der Waals surface area contributed by atoms with Gasteiger partial charge in [-0.1, -0.05) is 40.2 Å². The molecule has 1 unspecified atom stereocenters. The highest BCUT2D eigenvalue weighted by atomic mass is 16.6. The fourth-order valence-electron chi connectivity index (χ4n) is 5.19. The summed E-state index contributed by atoms with van der Waals surface area (Å²) in [6, 6.07) is 3.90. The highest BCUT2D eigenvalue weighted by molar-refractivity contribution is 5.88. The Morgan fingerprint density at radius 1 is 1.17 bits per heavy atom. The fourth-order valence-corrected chi connectivity index (χ4v) is 5.19. The summed E-state index contributed by atoms with van der Waals surface area (Å²) in [5.74, 6) is -1.57. The molecule has 7 heteroatoms. The van der Waals surface area contributed by atoms with Crippen molar-refractivity contribution < 1.29 is 29.3 Å². The van der Waals surface area contributed by atoms with Gasteiger partial charge in [0.1, 0.15) is 11.9 Å². The Morgan fingerprint density at radius 2 is 1.86 bits per heavy atom. The highest BCUT2D eigenvalue weighted by Gasteiger charge is 2.53. The minimum Gasteiger partial charge on any atom is -0.458 e. The average molecular weight is 502 g/mol. The van der Waals surface area contributed by atoms with Crippen LogP contribution < -0.4 is 0 Å². The number of fused-ring (bicyclic) bond motifs is 1. The van der Waals surface area contributed by atoms with Gasteiger partial charge in [0.05, 0.1) is 41.4 Å². The molecule has 0 saturated carbocycles. The normalized spacial score (nSPS) is 36.6. The van der Waals surface area contributed by atoms with Crippen LogP contribution in [0.15, 0.2) is 23.9 Å². The van der Waals surface area contributed by atoms with Gasteiger partial charge in [-0.25, -0.2) is 0 Å². The van der Waals surface area contributed by atoms with Crippen molar-refractivity contribution in [3.8, 4) is 0 Å². The number of aliphatic hydroxyl groups excluding tert-OH is 2. The Hall–Kier alpha value is -2.09. The number of pyridine rings is 1. The molecule has 1 aromatic heterocycles. The van der Waals surface area contributed by atoms with E-state index in [0.29, 0.717) is 6.42 Å². The molecule has 36 heavy (non-hydrogen) atoms. The van der Waals surface area contributed by atoms with E-state index < -0.39 is 35.6 Å². The number of ketones is 1. The molecule has 0 bridgehead atoms. The van der Waals surface area contributed by atoms with E-state index >= 15 is 0 Å². The maximum Gasteiger partial charge on any atom is 0.309 e. The van der Waals surface area contributed by atoms with Gasteiger partial charge in [-0.3, -0.25) is 14.6 Å². The van der Waals surface area contributed by atoms with E-state index in [1.54, 1.807) is 27.0 Å². The lowest BCUT2D eigenvalue weighted by Gasteiger charge is -2.34. The Balaban J connectivity index is 1.86. The zero-order chi connectivity index (χ0) is 26.8. The van der Waals surface area contributed by atoms with Crippen LogP contribution in [0.4, 0.5) is 0 Å². The molecule has 2 fully saturated rings. The first-order chi connectivity index (χ1) is 16.7. The van der Waals surface area contributed by atoms with E-state index in [9.17, 15) is 19.8 Å². The van der Waals surface area contributed by atoms with Crippen LogP contribution in [0.3, 0.4) is 0 Å². The van der Waals surface area contributed by atoms with Crippen LogP contribution in [-0.4, -0.2) is 57.0 Å². The number of ether oxygens (including phenoxy) is 2. The maximum absolute atomic E-state index is 13.2. The van der Waals surface area contributed by atoms with Crippen LogP contribution in [0.5, 0.6) is 0 Å². The molecule has 2 saturated heterocycles. The molecule has 2 N–H and O–H groups in total. The third kappa shape index (κ3) is 6.61. The van der Waals surface area contributed by atoms with Crippen molar-refractivity contribution in [1.82, 2.24) is 4.98 Å². The number of Topliss-reactive ketones (excluding diaryl/α,β-unsaturated/α-hetero) is 1. The van der Waals surface area contributed by atoms with Crippen LogP contribution in [0, 0.1) is 24.2 Å². The first kappa shape index (κ1) is 28.5. The number of cyclic esters (lactones) is 1. The van der Waals surface area contributed by atoms with Gasteiger partial charge in [-0.15, -0.1) is 0 Å². The summed E-state index contributed by atoms with van der Waals surface area (Å²) in [4.78, 5) is 30.6. The maximum atomic E-state index is 13.2. The predicted molar refractivity (Wildman–Crippen MR) is 138 cm³/mol. The summed E-state index contributed by atoms with van der Waals surface area (Å²) in [5, 5.41) is 21.7. The summed E-state index contributed by atoms with van der Waals surface area (Å²) >= 11 is 0. The average Bonchev–Trinajstić information content (AvgIpc) is 3.46. The summed E-state index contributed by atoms with van der Waals surface area (Å²) in [6.07, 6.45) is 3.69. The van der Waals surface area contributed by atoms with E-state index in [0.717, 1.165) is 36.1 Å². The minimum atomic E-state index is -1.23. The molecule has 0 spiro atoms. The van der Waals surface area contributed by atoms with Gasteiger partial charge >= 0.3 is 5.97 Å². The number of rotatable bonds is 2. The van der Waals surface area contributed by atoms with Gasteiger partial charge in [-0.2, -0.15) is 0 Å². The van der Waals surface area contributed by atoms with Crippen LogP contribution in [0.1, 0.15) is 84.9 Å². The third-order valence-corrected chi connectivity index (χ3v) is 8.22. The lowest BCUT2D eigenvalue weighted by molar-refractivity contribution is -0.154. The van der Waals surface area contributed by atoms with Crippen molar-refractivity contribution in [3.05, 3.63) is 35.2 Å². The summed E-state index contributed by atoms with van der Waals surface area (Å²) in [7, 11) is 0. The number of epoxide rings is 1. The van der Waals surface area contributed by atoms with Crippen LogP contribution in [-0.2, 0) is 19.1 Å². The van der Waals surface area contributed by atoms with Gasteiger partial charge in [0.2, 0.25) is 0 Å². The molecule has 3 heterocycles. The minimum absolute atomic E-state index is 0.0559. The zero-order valence-electron chi connectivity index (χ0n) is 22.8. The van der Waals surface area contributed by atoms with Crippen LogP contribution >= 0.6 is 0 Å². The molecular formula is C29H43NO6. The van der Waals surface area contributed by atoms with Crippen molar-refractivity contribution >= 4 is 17.8 Å². The second kappa shape index (κ2) is 11.1. The quantitative estimate of drug-likeness (QED) is 0.456. The van der Waals surface area contributed by atoms with Crippen molar-refractivity contribution in [1.29, 1.82) is 0 Å². The first-order valence-electron chi connectivity index (χ1n) is 13.1.